The Morgan fingerprint density at radius 2 is 1.88 bits per heavy atom. The van der Waals surface area contributed by atoms with Gasteiger partial charge < -0.3 is 9.47 Å². The minimum absolute atomic E-state index is 0.000146. The molecule has 0 atom stereocenters. The summed E-state index contributed by atoms with van der Waals surface area (Å²) >= 11 is -0.926. The van der Waals surface area contributed by atoms with Crippen molar-refractivity contribution in [3.05, 3.63) is 23.3 Å². The topological polar surface area (TPSA) is 59.3 Å². The van der Waals surface area contributed by atoms with Gasteiger partial charge in [0.2, 0.25) is 0 Å². The molecule has 0 amide bonds. The minimum Gasteiger partial charge on any atom is -0.466 e. The average Bonchev–Trinajstić information content (AvgIpc) is 2.39. The largest absolute Gasteiger partial charge is 0.573 e. The van der Waals surface area contributed by atoms with Crippen LogP contribution in [0.4, 0.5) is 26.3 Å². The van der Waals surface area contributed by atoms with Gasteiger partial charge in [-0.3, -0.25) is 4.79 Å². The molecule has 0 aromatic heterocycles. The monoisotopic (exact) mass is 373 g/mol. The molecule has 0 saturated heterocycles. The summed E-state index contributed by atoms with van der Waals surface area (Å²) < 4.78 is 83.0. The van der Waals surface area contributed by atoms with Crippen molar-refractivity contribution < 1.29 is 40.6 Å². The van der Waals surface area contributed by atoms with E-state index in [1.807, 2.05) is 0 Å². The number of carbonyl (C=O) groups excluding carboxylic acids is 1. The summed E-state index contributed by atoms with van der Waals surface area (Å²) in [6.45, 7) is 1.49. The molecule has 0 saturated carbocycles. The molecule has 0 aliphatic rings. The molecule has 0 aliphatic carbocycles. The first kappa shape index (κ1) is 20.0. The number of benzene rings is 1. The Labute approximate surface area is 136 Å². The smallest absolute Gasteiger partial charge is 0.466 e. The van der Waals surface area contributed by atoms with Gasteiger partial charge in [0, 0.05) is 0 Å². The van der Waals surface area contributed by atoms with Crippen LogP contribution in [-0.4, -0.2) is 24.4 Å². The number of ether oxygens (including phenoxy) is 2. The molecule has 0 heterocycles. The summed E-state index contributed by atoms with van der Waals surface area (Å²) in [7, 11) is 0. The van der Waals surface area contributed by atoms with Crippen molar-refractivity contribution in [2.75, 3.05) is 6.61 Å². The van der Waals surface area contributed by atoms with E-state index in [9.17, 15) is 31.1 Å². The van der Waals surface area contributed by atoms with Crippen LogP contribution in [0.2, 0.25) is 0 Å². The van der Waals surface area contributed by atoms with Gasteiger partial charge in [0.25, 0.3) is 0 Å². The zero-order valence-electron chi connectivity index (χ0n) is 11.9. The van der Waals surface area contributed by atoms with Gasteiger partial charge in [-0.2, -0.15) is 18.4 Å². The number of carbonyl (C=O) groups is 1. The highest BCUT2D eigenvalue weighted by atomic mass is 32.2. The van der Waals surface area contributed by atoms with Crippen LogP contribution >= 0.6 is 11.8 Å². The van der Waals surface area contributed by atoms with Crippen molar-refractivity contribution in [2.45, 2.75) is 30.1 Å². The Hall–Kier alpha value is -2.09. The summed E-state index contributed by atoms with van der Waals surface area (Å²) in [5.41, 5.74) is -5.89. The summed E-state index contributed by atoms with van der Waals surface area (Å²) in [6, 6.07) is 2.92. The standard InChI is InChI=1S/C13H9F6NO3S/c1-2-22-10(21)5-7-3-4-9(23-12(14,15)16)11(8(7)6-20)24-13(17,18)19/h3-4H,2,5H2,1H3. The lowest BCUT2D eigenvalue weighted by molar-refractivity contribution is -0.275. The number of nitrogens with zero attached hydrogens (tertiary/aromatic N) is 1. The molecule has 24 heavy (non-hydrogen) atoms. The third-order valence-electron chi connectivity index (χ3n) is 2.40. The molecule has 0 bridgehead atoms. The van der Waals surface area contributed by atoms with Crippen molar-refractivity contribution in [1.82, 2.24) is 0 Å². The highest BCUT2D eigenvalue weighted by Crippen LogP contribution is 2.45. The maximum absolute atomic E-state index is 12.6. The van der Waals surface area contributed by atoms with Crippen molar-refractivity contribution in [1.29, 1.82) is 5.26 Å². The molecule has 0 fully saturated rings. The third kappa shape index (κ3) is 6.19. The van der Waals surface area contributed by atoms with E-state index in [1.165, 1.54) is 13.0 Å². The number of hydrogen-bond donors (Lipinski definition) is 0. The number of halogens is 6. The first-order valence-corrected chi connectivity index (χ1v) is 7.01. The van der Waals surface area contributed by atoms with Gasteiger partial charge in [-0.1, -0.05) is 6.07 Å². The predicted molar refractivity (Wildman–Crippen MR) is 70.1 cm³/mol. The van der Waals surface area contributed by atoms with Gasteiger partial charge in [-0.25, -0.2) is 0 Å². The van der Waals surface area contributed by atoms with E-state index >= 15 is 0 Å². The van der Waals surface area contributed by atoms with E-state index in [1.54, 1.807) is 0 Å². The molecule has 0 aliphatic heterocycles. The molecule has 132 valence electrons. The fourth-order valence-corrected chi connectivity index (χ4v) is 2.38. The van der Waals surface area contributed by atoms with Crippen LogP contribution in [0.1, 0.15) is 18.1 Å². The van der Waals surface area contributed by atoms with E-state index in [4.69, 9.17) is 5.26 Å². The normalized spacial score (nSPS) is 11.8. The quantitative estimate of drug-likeness (QED) is 0.440. The molecule has 1 aromatic rings. The van der Waals surface area contributed by atoms with Crippen molar-refractivity contribution >= 4 is 17.7 Å². The van der Waals surface area contributed by atoms with E-state index < -0.39 is 52.2 Å². The second-order valence-corrected chi connectivity index (χ2v) is 5.19. The van der Waals surface area contributed by atoms with E-state index in [0.29, 0.717) is 6.07 Å². The Kier molecular flexibility index (Phi) is 6.36. The molecule has 0 spiro atoms. The van der Waals surface area contributed by atoms with Gasteiger partial charge in [0.05, 0.1) is 23.5 Å². The van der Waals surface area contributed by atoms with Gasteiger partial charge in [0.1, 0.15) is 11.8 Å². The van der Waals surface area contributed by atoms with E-state index in [-0.39, 0.29) is 12.2 Å². The lowest BCUT2D eigenvalue weighted by atomic mass is 10.0. The third-order valence-corrected chi connectivity index (χ3v) is 3.24. The Morgan fingerprint density at radius 3 is 2.33 bits per heavy atom. The molecular weight excluding hydrogens is 364 g/mol. The SMILES string of the molecule is CCOC(=O)Cc1ccc(OC(F)(F)F)c(SC(F)(F)F)c1C#N. The van der Waals surface area contributed by atoms with Crippen LogP contribution in [-0.2, 0) is 16.0 Å². The Balaban J connectivity index is 3.38. The van der Waals surface area contributed by atoms with Crippen molar-refractivity contribution in [3.8, 4) is 11.8 Å². The zero-order valence-corrected chi connectivity index (χ0v) is 12.7. The van der Waals surface area contributed by atoms with Crippen molar-refractivity contribution in [3.63, 3.8) is 0 Å². The second-order valence-electron chi connectivity index (χ2n) is 4.12. The maximum Gasteiger partial charge on any atom is 0.573 e. The minimum atomic E-state index is -5.24. The Bertz CT molecular complexity index is 651. The predicted octanol–water partition coefficient (Wildman–Crippen LogP) is 4.17. The zero-order chi connectivity index (χ0) is 18.5. The maximum atomic E-state index is 12.6. The molecular formula is C13H9F6NO3S. The average molecular weight is 373 g/mol. The summed E-state index contributed by atoms with van der Waals surface area (Å²) in [5.74, 6) is -2.00. The number of alkyl halides is 6. The van der Waals surface area contributed by atoms with Crippen LogP contribution in [0.3, 0.4) is 0 Å². The first-order chi connectivity index (χ1) is 11.0. The van der Waals surface area contributed by atoms with E-state index in [2.05, 4.69) is 9.47 Å². The van der Waals surface area contributed by atoms with Gasteiger partial charge >= 0.3 is 17.8 Å². The molecule has 11 heteroatoms. The number of rotatable bonds is 5. The fourth-order valence-electron chi connectivity index (χ4n) is 1.66. The second kappa shape index (κ2) is 7.65. The lowest BCUT2D eigenvalue weighted by Crippen LogP contribution is -2.19. The molecule has 0 unspecified atom stereocenters. The number of thioether (sulfide) groups is 1. The lowest BCUT2D eigenvalue weighted by Gasteiger charge is -2.17. The first-order valence-electron chi connectivity index (χ1n) is 6.20. The van der Waals surface area contributed by atoms with Crippen LogP contribution in [0.5, 0.6) is 5.75 Å². The summed E-state index contributed by atoms with van der Waals surface area (Å²) in [5, 5.41) is 9.04. The van der Waals surface area contributed by atoms with Crippen molar-refractivity contribution in [2.24, 2.45) is 0 Å². The molecule has 1 rings (SSSR count). The fraction of sp³-hybridized carbons (Fsp3) is 0.385. The highest BCUT2D eigenvalue weighted by Gasteiger charge is 2.37. The summed E-state index contributed by atoms with van der Waals surface area (Å²) in [6.07, 6.45) is -5.80. The van der Waals surface area contributed by atoms with E-state index in [0.717, 1.165) is 6.07 Å². The van der Waals surface area contributed by atoms with Crippen LogP contribution in [0, 0.1) is 11.3 Å². The van der Waals surface area contributed by atoms with Crippen LogP contribution in [0.25, 0.3) is 0 Å². The molecule has 4 nitrogen and oxygen atoms in total. The number of hydrogen-bond acceptors (Lipinski definition) is 5. The molecule has 1 aromatic carbocycles. The Morgan fingerprint density at radius 1 is 1.25 bits per heavy atom. The van der Waals surface area contributed by atoms with Gasteiger partial charge in [-0.15, -0.1) is 13.2 Å². The number of esters is 1. The van der Waals surface area contributed by atoms with Crippen LogP contribution in [0.15, 0.2) is 17.0 Å². The highest BCUT2D eigenvalue weighted by molar-refractivity contribution is 8.00. The van der Waals surface area contributed by atoms with Gasteiger partial charge in [-0.05, 0) is 30.3 Å². The van der Waals surface area contributed by atoms with Crippen LogP contribution < -0.4 is 4.74 Å². The molecule has 0 N–H and O–H groups in total. The summed E-state index contributed by atoms with van der Waals surface area (Å²) in [4.78, 5) is 10.4. The van der Waals surface area contributed by atoms with Gasteiger partial charge in [0.15, 0.2) is 0 Å². The molecule has 0 radical (unpaired) electrons. The number of nitriles is 1.